The maximum Gasteiger partial charge on any atom is 0.260 e. The molecular formula is C14H18ClN5O3. The molecule has 0 aliphatic heterocycles. The van der Waals surface area contributed by atoms with Gasteiger partial charge in [-0.05, 0) is 19.1 Å². The van der Waals surface area contributed by atoms with E-state index < -0.39 is 5.91 Å². The first kappa shape index (κ1) is 18.4. The molecular weight excluding hydrogens is 322 g/mol. The van der Waals surface area contributed by atoms with Gasteiger partial charge in [0.1, 0.15) is 0 Å². The number of rotatable bonds is 4. The van der Waals surface area contributed by atoms with E-state index in [0.717, 1.165) is 0 Å². The second-order valence-electron chi connectivity index (χ2n) is 4.55. The number of nitrogens with two attached hydrogens (primary N) is 1. The topological polar surface area (TPSA) is 126 Å². The van der Waals surface area contributed by atoms with Crippen LogP contribution < -0.4 is 21.7 Å². The van der Waals surface area contributed by atoms with Crippen LogP contribution in [0.3, 0.4) is 0 Å². The highest BCUT2D eigenvalue weighted by Gasteiger charge is 2.17. The molecule has 0 unspecified atom stereocenters. The number of anilines is 2. The van der Waals surface area contributed by atoms with E-state index >= 15 is 0 Å². The maximum absolute atomic E-state index is 12.2. The Balaban J connectivity index is 3.25. The van der Waals surface area contributed by atoms with Crippen LogP contribution in [0.4, 0.5) is 11.4 Å². The highest BCUT2D eigenvalue weighted by molar-refractivity contribution is 6.34. The average Bonchev–Trinajstić information content (AvgIpc) is 2.41. The minimum absolute atomic E-state index is 0.0478. The Kier molecular flexibility index (Phi) is 6.52. The number of nitrogens with zero attached hydrogens (tertiary/aromatic N) is 1. The molecule has 0 fully saturated rings. The van der Waals surface area contributed by atoms with E-state index in [0.29, 0.717) is 6.54 Å². The minimum Gasteiger partial charge on any atom is -0.370 e. The molecule has 0 radical (unpaired) electrons. The predicted molar refractivity (Wildman–Crippen MR) is 89.7 cm³/mol. The van der Waals surface area contributed by atoms with Crippen molar-refractivity contribution in [1.29, 1.82) is 0 Å². The summed E-state index contributed by atoms with van der Waals surface area (Å²) in [5, 5.41) is 7.56. The molecule has 3 amide bonds. The number of guanidine groups is 1. The second kappa shape index (κ2) is 8.14. The van der Waals surface area contributed by atoms with E-state index in [4.69, 9.17) is 17.3 Å². The van der Waals surface area contributed by atoms with Crippen molar-refractivity contribution in [2.24, 2.45) is 10.7 Å². The summed E-state index contributed by atoms with van der Waals surface area (Å²) in [5.41, 5.74) is 6.10. The van der Waals surface area contributed by atoms with Gasteiger partial charge in [0.05, 0.1) is 22.0 Å². The summed E-state index contributed by atoms with van der Waals surface area (Å²) in [6.45, 7) is 4.78. The Hall–Kier alpha value is -2.61. The van der Waals surface area contributed by atoms with Gasteiger partial charge < -0.3 is 16.4 Å². The Morgan fingerprint density at radius 2 is 1.70 bits per heavy atom. The van der Waals surface area contributed by atoms with Crippen LogP contribution in [0.5, 0.6) is 0 Å². The molecule has 5 N–H and O–H groups in total. The number of nitrogens with one attached hydrogen (secondary N) is 3. The fourth-order valence-corrected chi connectivity index (χ4v) is 1.94. The van der Waals surface area contributed by atoms with Gasteiger partial charge in [0, 0.05) is 20.4 Å². The molecule has 9 heteroatoms. The van der Waals surface area contributed by atoms with E-state index in [9.17, 15) is 14.4 Å². The molecule has 1 rings (SSSR count). The number of hydrogen-bond donors (Lipinski definition) is 4. The molecule has 0 saturated carbocycles. The summed E-state index contributed by atoms with van der Waals surface area (Å²) in [6.07, 6.45) is 0. The first-order valence-electron chi connectivity index (χ1n) is 6.74. The van der Waals surface area contributed by atoms with Gasteiger partial charge in [0.15, 0.2) is 5.96 Å². The van der Waals surface area contributed by atoms with Gasteiger partial charge >= 0.3 is 0 Å². The van der Waals surface area contributed by atoms with Gasteiger partial charge in [-0.25, -0.2) is 0 Å². The summed E-state index contributed by atoms with van der Waals surface area (Å²) in [6, 6.07) is 2.72. The minimum atomic E-state index is -0.584. The molecule has 1 aromatic carbocycles. The molecule has 0 aromatic heterocycles. The molecule has 1 aromatic rings. The van der Waals surface area contributed by atoms with Crippen LogP contribution >= 0.6 is 11.6 Å². The zero-order valence-electron chi connectivity index (χ0n) is 13.0. The van der Waals surface area contributed by atoms with Crippen molar-refractivity contribution in [1.82, 2.24) is 5.32 Å². The molecule has 0 saturated heterocycles. The van der Waals surface area contributed by atoms with E-state index in [1.165, 1.54) is 26.0 Å². The number of benzene rings is 1. The van der Waals surface area contributed by atoms with Crippen molar-refractivity contribution >= 4 is 46.7 Å². The van der Waals surface area contributed by atoms with Gasteiger partial charge in [-0.15, -0.1) is 0 Å². The number of carbonyl (C=O) groups excluding carboxylic acids is 3. The number of amides is 3. The molecule has 0 atom stereocenters. The maximum atomic E-state index is 12.2. The summed E-state index contributed by atoms with van der Waals surface area (Å²) < 4.78 is 0. The highest BCUT2D eigenvalue weighted by atomic mass is 35.5. The first-order valence-corrected chi connectivity index (χ1v) is 7.12. The van der Waals surface area contributed by atoms with Crippen molar-refractivity contribution in [2.45, 2.75) is 20.8 Å². The molecule has 8 nitrogen and oxygen atoms in total. The molecule has 0 aliphatic carbocycles. The van der Waals surface area contributed by atoms with Crippen LogP contribution in [-0.2, 0) is 9.59 Å². The van der Waals surface area contributed by atoms with Gasteiger partial charge in [-0.2, -0.15) is 0 Å². The van der Waals surface area contributed by atoms with Gasteiger partial charge in [-0.1, -0.05) is 11.6 Å². The van der Waals surface area contributed by atoms with Gasteiger partial charge in [0.25, 0.3) is 5.91 Å². The van der Waals surface area contributed by atoms with Crippen molar-refractivity contribution < 1.29 is 14.4 Å². The van der Waals surface area contributed by atoms with E-state index in [2.05, 4.69) is 20.9 Å². The van der Waals surface area contributed by atoms with Crippen LogP contribution in [0.25, 0.3) is 0 Å². The van der Waals surface area contributed by atoms with Crippen molar-refractivity contribution in [3.63, 3.8) is 0 Å². The molecule has 124 valence electrons. The SMILES string of the molecule is CCN=C(N)NC(=O)c1cc(Cl)c(NC(C)=O)cc1NC(C)=O. The van der Waals surface area contributed by atoms with Crippen LogP contribution in [0, 0.1) is 0 Å². The number of halogens is 1. The molecule has 0 heterocycles. The fraction of sp³-hybridized carbons (Fsp3) is 0.286. The smallest absolute Gasteiger partial charge is 0.260 e. The summed E-state index contributed by atoms with van der Waals surface area (Å²) in [7, 11) is 0. The molecule has 0 spiro atoms. The predicted octanol–water partition coefficient (Wildman–Crippen LogP) is 1.32. The van der Waals surface area contributed by atoms with Crippen LogP contribution in [0.15, 0.2) is 17.1 Å². The largest absolute Gasteiger partial charge is 0.370 e. The third-order valence-electron chi connectivity index (χ3n) is 2.54. The molecule has 0 bridgehead atoms. The lowest BCUT2D eigenvalue weighted by molar-refractivity contribution is -0.115. The number of carbonyl (C=O) groups is 3. The third-order valence-corrected chi connectivity index (χ3v) is 2.86. The first-order chi connectivity index (χ1) is 10.7. The average molecular weight is 340 g/mol. The van der Waals surface area contributed by atoms with Crippen LogP contribution in [0.1, 0.15) is 31.1 Å². The zero-order chi connectivity index (χ0) is 17.6. The lowest BCUT2D eigenvalue weighted by Gasteiger charge is -2.14. The lowest BCUT2D eigenvalue weighted by atomic mass is 10.1. The van der Waals surface area contributed by atoms with E-state index in [1.54, 1.807) is 6.92 Å². The normalized spacial score (nSPS) is 10.9. The Morgan fingerprint density at radius 3 is 2.22 bits per heavy atom. The van der Waals surface area contributed by atoms with E-state index in [1.807, 2.05) is 0 Å². The van der Waals surface area contributed by atoms with Gasteiger partial charge in [0.2, 0.25) is 11.8 Å². The molecule has 0 aliphatic rings. The summed E-state index contributed by atoms with van der Waals surface area (Å²) in [4.78, 5) is 38.6. The lowest BCUT2D eigenvalue weighted by Crippen LogP contribution is -2.37. The van der Waals surface area contributed by atoms with Crippen LogP contribution in [-0.4, -0.2) is 30.2 Å². The zero-order valence-corrected chi connectivity index (χ0v) is 13.7. The van der Waals surface area contributed by atoms with E-state index in [-0.39, 0.29) is 39.7 Å². The second-order valence-corrected chi connectivity index (χ2v) is 4.96. The standard InChI is InChI=1S/C14H18ClN5O3/c1-4-17-14(16)20-13(23)9-5-10(15)12(19-8(3)22)6-11(9)18-7(2)21/h5-6H,4H2,1-3H3,(H,18,21)(H,19,22)(H3,16,17,20,23). The van der Waals surface area contributed by atoms with Gasteiger partial charge in [-0.3, -0.25) is 24.7 Å². The Bertz CT molecular complexity index is 673. The monoisotopic (exact) mass is 339 g/mol. The van der Waals surface area contributed by atoms with Crippen molar-refractivity contribution in [3.8, 4) is 0 Å². The summed E-state index contributed by atoms with van der Waals surface area (Å²) >= 11 is 6.05. The molecule has 23 heavy (non-hydrogen) atoms. The highest BCUT2D eigenvalue weighted by Crippen LogP contribution is 2.29. The quantitative estimate of drug-likeness (QED) is 0.487. The van der Waals surface area contributed by atoms with Crippen LogP contribution in [0.2, 0.25) is 5.02 Å². The fourth-order valence-electron chi connectivity index (χ4n) is 1.73. The summed E-state index contributed by atoms with van der Waals surface area (Å²) in [5.74, 6) is -1.35. The number of hydrogen-bond acceptors (Lipinski definition) is 4. The Morgan fingerprint density at radius 1 is 1.13 bits per heavy atom. The van der Waals surface area contributed by atoms with Crippen molar-refractivity contribution in [2.75, 3.05) is 17.2 Å². The number of aliphatic imine (C=N–C) groups is 1. The van der Waals surface area contributed by atoms with Crippen molar-refractivity contribution in [3.05, 3.63) is 22.7 Å². The Labute approximate surface area is 138 Å². The third kappa shape index (κ3) is 5.59.